The van der Waals surface area contributed by atoms with E-state index in [1.807, 2.05) is 12.5 Å². The Labute approximate surface area is 133 Å². The van der Waals surface area contributed by atoms with Crippen LogP contribution in [0.15, 0.2) is 0 Å². The number of thioether (sulfide) groups is 2. The summed E-state index contributed by atoms with van der Waals surface area (Å²) in [4.78, 5) is 31.1. The SMILES string of the molecule is CSCCC(N)C(=O)O.CSCC[C@H](NC(C)=O)C(=O)O. The molecule has 124 valence electrons. The largest absolute Gasteiger partial charge is 0.480 e. The van der Waals surface area contributed by atoms with E-state index in [9.17, 15) is 14.4 Å². The molecule has 0 spiro atoms. The van der Waals surface area contributed by atoms with Gasteiger partial charge in [-0.2, -0.15) is 23.5 Å². The average Bonchev–Trinajstić information content (AvgIpc) is 2.40. The normalized spacial score (nSPS) is 12.6. The molecular formula is C12H24N2O5S2. The highest BCUT2D eigenvalue weighted by Gasteiger charge is 2.16. The molecule has 0 saturated carbocycles. The third-order valence-electron chi connectivity index (χ3n) is 2.24. The lowest BCUT2D eigenvalue weighted by Crippen LogP contribution is -2.39. The van der Waals surface area contributed by atoms with Crippen molar-refractivity contribution in [1.82, 2.24) is 5.32 Å². The van der Waals surface area contributed by atoms with Crippen LogP contribution in [0.5, 0.6) is 0 Å². The predicted molar refractivity (Wildman–Crippen MR) is 86.8 cm³/mol. The summed E-state index contributed by atoms with van der Waals surface area (Å²) in [5, 5.41) is 19.3. The molecule has 0 radical (unpaired) electrons. The summed E-state index contributed by atoms with van der Waals surface area (Å²) >= 11 is 3.16. The number of nitrogens with two attached hydrogens (primary N) is 1. The second-order valence-electron chi connectivity index (χ2n) is 4.10. The smallest absolute Gasteiger partial charge is 0.326 e. The number of carbonyl (C=O) groups is 3. The van der Waals surface area contributed by atoms with Gasteiger partial charge in [0.1, 0.15) is 12.1 Å². The first kappa shape index (κ1) is 22.4. The molecule has 9 heteroatoms. The Morgan fingerprint density at radius 3 is 1.86 bits per heavy atom. The van der Waals surface area contributed by atoms with E-state index in [1.165, 1.54) is 6.92 Å². The number of hydrogen-bond donors (Lipinski definition) is 4. The molecular weight excluding hydrogens is 316 g/mol. The van der Waals surface area contributed by atoms with E-state index in [1.54, 1.807) is 23.5 Å². The van der Waals surface area contributed by atoms with Crippen LogP contribution < -0.4 is 11.1 Å². The summed E-state index contributed by atoms with van der Waals surface area (Å²) in [6, 6.07) is -1.42. The Morgan fingerprint density at radius 2 is 1.52 bits per heavy atom. The number of carbonyl (C=O) groups excluding carboxylic acids is 1. The van der Waals surface area contributed by atoms with Gasteiger partial charge in [0.05, 0.1) is 0 Å². The molecule has 0 bridgehead atoms. The minimum atomic E-state index is -0.973. The van der Waals surface area contributed by atoms with Crippen molar-refractivity contribution in [3.8, 4) is 0 Å². The fourth-order valence-corrected chi connectivity index (χ4v) is 2.07. The van der Waals surface area contributed by atoms with Crippen LogP contribution in [0.4, 0.5) is 0 Å². The van der Waals surface area contributed by atoms with Crippen LogP contribution in [0, 0.1) is 0 Å². The summed E-state index contributed by atoms with van der Waals surface area (Å²) in [5.74, 6) is -0.642. The lowest BCUT2D eigenvalue weighted by atomic mass is 10.2. The molecule has 0 aromatic heterocycles. The minimum absolute atomic E-state index is 0.302. The topological polar surface area (TPSA) is 130 Å². The second-order valence-corrected chi connectivity index (χ2v) is 6.07. The highest BCUT2D eigenvalue weighted by atomic mass is 32.2. The van der Waals surface area contributed by atoms with E-state index in [-0.39, 0.29) is 5.91 Å². The van der Waals surface area contributed by atoms with E-state index in [0.29, 0.717) is 12.8 Å². The molecule has 2 atom stereocenters. The molecule has 0 aliphatic carbocycles. The highest BCUT2D eigenvalue weighted by Crippen LogP contribution is 2.00. The summed E-state index contributed by atoms with van der Waals surface area (Å²) in [6.45, 7) is 1.31. The molecule has 0 aromatic carbocycles. The number of carboxylic acids is 2. The van der Waals surface area contributed by atoms with Gasteiger partial charge < -0.3 is 21.3 Å². The van der Waals surface area contributed by atoms with Gasteiger partial charge >= 0.3 is 11.9 Å². The summed E-state index contributed by atoms with van der Waals surface area (Å²) in [5.41, 5.74) is 5.19. The van der Waals surface area contributed by atoms with Crippen LogP contribution in [0.25, 0.3) is 0 Å². The molecule has 7 nitrogen and oxygen atoms in total. The van der Waals surface area contributed by atoms with Crippen LogP contribution >= 0.6 is 23.5 Å². The number of nitrogens with one attached hydrogen (secondary N) is 1. The van der Waals surface area contributed by atoms with E-state index >= 15 is 0 Å². The molecule has 21 heavy (non-hydrogen) atoms. The molecule has 0 heterocycles. The van der Waals surface area contributed by atoms with E-state index in [0.717, 1.165) is 11.5 Å². The lowest BCUT2D eigenvalue weighted by molar-refractivity contribution is -0.141. The number of amides is 1. The first-order chi connectivity index (χ1) is 9.76. The van der Waals surface area contributed by atoms with Crippen molar-refractivity contribution in [3.63, 3.8) is 0 Å². The molecule has 0 fully saturated rings. The maximum Gasteiger partial charge on any atom is 0.326 e. The quantitative estimate of drug-likeness (QED) is 0.477. The number of rotatable bonds is 9. The Hall–Kier alpha value is -0.930. The molecule has 0 aliphatic rings. The van der Waals surface area contributed by atoms with Crippen LogP contribution in [0.3, 0.4) is 0 Å². The van der Waals surface area contributed by atoms with Crippen molar-refractivity contribution < 1.29 is 24.6 Å². The van der Waals surface area contributed by atoms with Gasteiger partial charge in [0.15, 0.2) is 0 Å². The Kier molecular flexibility index (Phi) is 14.9. The maximum absolute atomic E-state index is 10.5. The van der Waals surface area contributed by atoms with Crippen LogP contribution in [0.1, 0.15) is 19.8 Å². The summed E-state index contributed by atoms with van der Waals surface area (Å²) in [6.07, 6.45) is 4.84. The fourth-order valence-electron chi connectivity index (χ4n) is 1.11. The zero-order chi connectivity index (χ0) is 16.8. The van der Waals surface area contributed by atoms with E-state index in [2.05, 4.69) is 5.32 Å². The van der Waals surface area contributed by atoms with Crippen molar-refractivity contribution in [1.29, 1.82) is 0 Å². The Bertz CT molecular complexity index is 329. The average molecular weight is 340 g/mol. The molecule has 1 amide bonds. The summed E-state index contributed by atoms with van der Waals surface area (Å²) < 4.78 is 0. The van der Waals surface area contributed by atoms with E-state index < -0.39 is 24.0 Å². The van der Waals surface area contributed by atoms with Gasteiger partial charge in [-0.1, -0.05) is 0 Å². The zero-order valence-electron chi connectivity index (χ0n) is 12.5. The van der Waals surface area contributed by atoms with Gasteiger partial charge in [0.25, 0.3) is 0 Å². The molecule has 5 N–H and O–H groups in total. The summed E-state index contributed by atoms with van der Waals surface area (Å²) in [7, 11) is 0. The first-order valence-corrected chi connectivity index (χ1v) is 9.01. The number of hydrogen-bond acceptors (Lipinski definition) is 6. The van der Waals surface area contributed by atoms with Crippen molar-refractivity contribution in [2.75, 3.05) is 24.0 Å². The number of aliphatic carboxylic acids is 2. The van der Waals surface area contributed by atoms with Gasteiger partial charge in [-0.05, 0) is 36.9 Å². The first-order valence-electron chi connectivity index (χ1n) is 6.22. The zero-order valence-corrected chi connectivity index (χ0v) is 14.1. The molecule has 0 aliphatic heterocycles. The van der Waals surface area contributed by atoms with Crippen LogP contribution in [-0.4, -0.2) is 64.2 Å². The van der Waals surface area contributed by atoms with Gasteiger partial charge in [0.2, 0.25) is 5.91 Å². The Balaban J connectivity index is 0. The predicted octanol–water partition coefficient (Wildman–Crippen LogP) is 0.480. The van der Waals surface area contributed by atoms with Gasteiger partial charge in [-0.25, -0.2) is 4.79 Å². The van der Waals surface area contributed by atoms with Crippen LogP contribution in [-0.2, 0) is 14.4 Å². The van der Waals surface area contributed by atoms with Gasteiger partial charge in [-0.3, -0.25) is 9.59 Å². The Morgan fingerprint density at radius 1 is 1.05 bits per heavy atom. The van der Waals surface area contributed by atoms with Gasteiger partial charge in [-0.15, -0.1) is 0 Å². The minimum Gasteiger partial charge on any atom is -0.480 e. The maximum atomic E-state index is 10.5. The third-order valence-corrected chi connectivity index (χ3v) is 3.52. The monoisotopic (exact) mass is 340 g/mol. The molecule has 0 saturated heterocycles. The molecule has 0 aromatic rings. The standard InChI is InChI=1S/C7H13NO3S.C5H11NO2S/c1-5(9)8-6(7(10)11)3-4-12-2;1-9-3-2-4(6)5(7)8/h6H,3-4H2,1-2H3,(H,8,9)(H,10,11);4H,2-3,6H2,1H3,(H,7,8)/t6-;/m0./s1. The van der Waals surface area contributed by atoms with Crippen LogP contribution in [0.2, 0.25) is 0 Å². The highest BCUT2D eigenvalue weighted by molar-refractivity contribution is 7.98. The van der Waals surface area contributed by atoms with Crippen molar-refractivity contribution >= 4 is 41.4 Å². The van der Waals surface area contributed by atoms with E-state index in [4.69, 9.17) is 15.9 Å². The third kappa shape index (κ3) is 15.3. The number of carboxylic acid groups (broad SMARTS) is 2. The van der Waals surface area contributed by atoms with Crippen molar-refractivity contribution in [2.24, 2.45) is 5.73 Å². The molecule has 1 unspecified atom stereocenters. The second kappa shape index (κ2) is 14.0. The van der Waals surface area contributed by atoms with Gasteiger partial charge in [0, 0.05) is 6.92 Å². The van der Waals surface area contributed by atoms with Crippen molar-refractivity contribution in [2.45, 2.75) is 31.8 Å². The fraction of sp³-hybridized carbons (Fsp3) is 0.750. The van der Waals surface area contributed by atoms with Crippen molar-refractivity contribution in [3.05, 3.63) is 0 Å². The lowest BCUT2D eigenvalue weighted by Gasteiger charge is -2.11. The molecule has 0 rings (SSSR count).